The summed E-state index contributed by atoms with van der Waals surface area (Å²) < 4.78 is 2.72. The van der Waals surface area contributed by atoms with E-state index in [2.05, 4.69) is 26.0 Å². The minimum Gasteiger partial charge on any atom is -0.382 e. The summed E-state index contributed by atoms with van der Waals surface area (Å²) >= 11 is 3.34. The van der Waals surface area contributed by atoms with E-state index < -0.39 is 0 Å². The predicted molar refractivity (Wildman–Crippen MR) is 82.8 cm³/mol. The molecule has 0 atom stereocenters. The van der Waals surface area contributed by atoms with E-state index in [4.69, 9.17) is 5.73 Å². The number of hydrogen-bond donors (Lipinski definition) is 1. The lowest BCUT2D eigenvalue weighted by atomic mass is 10.0. The van der Waals surface area contributed by atoms with E-state index in [1.165, 1.54) is 0 Å². The summed E-state index contributed by atoms with van der Waals surface area (Å²) in [5.41, 5.74) is 6.26. The van der Waals surface area contributed by atoms with Crippen molar-refractivity contribution in [1.82, 2.24) is 19.7 Å². The number of nitrogen functional groups attached to an aromatic ring is 1. The maximum absolute atomic E-state index is 12.4. The number of carbonyl (C=O) groups is 1. The Kier molecular flexibility index (Phi) is 3.92. The Hall–Kier alpha value is -1.89. The minimum absolute atomic E-state index is 0.0298. The highest BCUT2D eigenvalue weighted by molar-refractivity contribution is 9.10. The van der Waals surface area contributed by atoms with Crippen molar-refractivity contribution in [2.75, 3.05) is 18.8 Å². The number of piperidine rings is 1. The third-order valence-electron chi connectivity index (χ3n) is 3.71. The van der Waals surface area contributed by atoms with Crippen LogP contribution in [-0.2, 0) is 0 Å². The maximum atomic E-state index is 12.4. The van der Waals surface area contributed by atoms with Gasteiger partial charge in [0.2, 0.25) is 0 Å². The molecule has 3 rings (SSSR count). The van der Waals surface area contributed by atoms with Gasteiger partial charge in [0.15, 0.2) is 0 Å². The summed E-state index contributed by atoms with van der Waals surface area (Å²) in [6, 6.07) is 3.91. The van der Waals surface area contributed by atoms with E-state index in [1.54, 1.807) is 24.5 Å². The number of hydrogen-bond acceptors (Lipinski definition) is 4. The molecule has 6 nitrogen and oxygen atoms in total. The van der Waals surface area contributed by atoms with Crippen LogP contribution in [0.3, 0.4) is 0 Å². The van der Waals surface area contributed by atoms with Crippen molar-refractivity contribution in [1.29, 1.82) is 0 Å². The average molecular weight is 350 g/mol. The largest absolute Gasteiger partial charge is 0.382 e. The zero-order valence-electron chi connectivity index (χ0n) is 11.4. The molecule has 0 unspecified atom stereocenters. The molecular weight excluding hydrogens is 334 g/mol. The molecule has 3 heterocycles. The lowest BCUT2D eigenvalue weighted by Gasteiger charge is -2.32. The van der Waals surface area contributed by atoms with Gasteiger partial charge in [-0.2, -0.15) is 5.10 Å². The number of carbonyl (C=O) groups excluding carboxylic acids is 1. The molecule has 2 aromatic heterocycles. The van der Waals surface area contributed by atoms with Gasteiger partial charge in [-0.25, -0.2) is 0 Å². The van der Waals surface area contributed by atoms with Gasteiger partial charge in [0.05, 0.1) is 11.6 Å². The highest BCUT2D eigenvalue weighted by Crippen LogP contribution is 2.23. The van der Waals surface area contributed by atoms with E-state index in [1.807, 2.05) is 15.8 Å². The standard InChI is InChI=1S/C14H16BrN5O/c15-11-7-10(8-17-9-11)14(21)19-4-1-12(2-5-19)20-6-3-13(16)18-20/h3,6-9,12H,1-2,4-5H2,(H2,16,18). The Morgan fingerprint density at radius 2 is 2.10 bits per heavy atom. The van der Waals surface area contributed by atoms with Crippen LogP contribution in [0.25, 0.3) is 0 Å². The lowest BCUT2D eigenvalue weighted by Crippen LogP contribution is -2.39. The monoisotopic (exact) mass is 349 g/mol. The average Bonchev–Trinajstić information content (AvgIpc) is 2.93. The summed E-state index contributed by atoms with van der Waals surface area (Å²) in [6.45, 7) is 1.44. The van der Waals surface area contributed by atoms with Crippen LogP contribution in [0.4, 0.5) is 5.82 Å². The molecule has 2 aromatic rings. The zero-order chi connectivity index (χ0) is 14.8. The quantitative estimate of drug-likeness (QED) is 0.900. The highest BCUT2D eigenvalue weighted by atomic mass is 79.9. The van der Waals surface area contributed by atoms with Crippen molar-refractivity contribution in [2.24, 2.45) is 0 Å². The van der Waals surface area contributed by atoms with Crippen LogP contribution >= 0.6 is 15.9 Å². The van der Waals surface area contributed by atoms with Crippen molar-refractivity contribution in [3.63, 3.8) is 0 Å². The van der Waals surface area contributed by atoms with Gasteiger partial charge in [-0.15, -0.1) is 0 Å². The number of rotatable bonds is 2. The Balaban J connectivity index is 1.64. The lowest BCUT2D eigenvalue weighted by molar-refractivity contribution is 0.0689. The molecule has 0 bridgehead atoms. The number of pyridine rings is 1. The first-order valence-corrected chi connectivity index (χ1v) is 7.63. The first-order chi connectivity index (χ1) is 10.1. The molecule has 1 fully saturated rings. The van der Waals surface area contributed by atoms with Crippen molar-refractivity contribution in [3.05, 3.63) is 40.8 Å². The third kappa shape index (κ3) is 3.07. The molecule has 0 saturated carbocycles. The van der Waals surface area contributed by atoms with Gasteiger partial charge >= 0.3 is 0 Å². The zero-order valence-corrected chi connectivity index (χ0v) is 13.0. The second kappa shape index (κ2) is 5.85. The van der Waals surface area contributed by atoms with E-state index in [0.29, 0.717) is 17.4 Å². The smallest absolute Gasteiger partial charge is 0.255 e. The van der Waals surface area contributed by atoms with Crippen molar-refractivity contribution < 1.29 is 4.79 Å². The van der Waals surface area contributed by atoms with E-state index in [-0.39, 0.29) is 5.91 Å². The number of amides is 1. The van der Waals surface area contributed by atoms with E-state index in [9.17, 15) is 4.79 Å². The fourth-order valence-corrected chi connectivity index (χ4v) is 2.97. The number of anilines is 1. The van der Waals surface area contributed by atoms with Crippen molar-refractivity contribution in [3.8, 4) is 0 Å². The first-order valence-electron chi connectivity index (χ1n) is 6.84. The fourth-order valence-electron chi connectivity index (χ4n) is 2.60. The van der Waals surface area contributed by atoms with Gasteiger partial charge in [-0.1, -0.05) is 0 Å². The molecule has 0 spiro atoms. The van der Waals surface area contributed by atoms with Crippen molar-refractivity contribution in [2.45, 2.75) is 18.9 Å². The molecule has 0 aliphatic carbocycles. The second-order valence-electron chi connectivity index (χ2n) is 5.14. The molecule has 1 aliphatic heterocycles. The van der Waals surface area contributed by atoms with Crippen LogP contribution in [0.2, 0.25) is 0 Å². The van der Waals surface area contributed by atoms with Crippen LogP contribution in [0.1, 0.15) is 29.2 Å². The fraction of sp³-hybridized carbons (Fsp3) is 0.357. The molecule has 1 aliphatic rings. The van der Waals surface area contributed by atoms with Gasteiger partial charge in [0, 0.05) is 36.2 Å². The predicted octanol–water partition coefficient (Wildman–Crippen LogP) is 2.10. The van der Waals surface area contributed by atoms with Crippen LogP contribution < -0.4 is 5.73 Å². The second-order valence-corrected chi connectivity index (χ2v) is 6.05. The Morgan fingerprint density at radius 3 is 2.71 bits per heavy atom. The van der Waals surface area contributed by atoms with Crippen LogP contribution in [-0.4, -0.2) is 38.7 Å². The molecule has 110 valence electrons. The molecule has 7 heteroatoms. The van der Waals surface area contributed by atoms with Gasteiger partial charge in [0.1, 0.15) is 5.82 Å². The number of aromatic nitrogens is 3. The molecule has 21 heavy (non-hydrogen) atoms. The molecule has 0 radical (unpaired) electrons. The molecule has 1 saturated heterocycles. The number of nitrogens with two attached hydrogens (primary N) is 1. The van der Waals surface area contributed by atoms with Gasteiger partial charge in [-0.05, 0) is 40.9 Å². The van der Waals surface area contributed by atoms with E-state index >= 15 is 0 Å². The summed E-state index contributed by atoms with van der Waals surface area (Å²) in [4.78, 5) is 18.3. The highest BCUT2D eigenvalue weighted by Gasteiger charge is 2.25. The number of halogens is 1. The van der Waals surface area contributed by atoms with Crippen molar-refractivity contribution >= 4 is 27.7 Å². The molecule has 2 N–H and O–H groups in total. The molecular formula is C14H16BrN5O. The molecule has 1 amide bonds. The van der Waals surface area contributed by atoms with Gasteiger partial charge < -0.3 is 10.6 Å². The van der Waals surface area contributed by atoms with Crippen LogP contribution in [0, 0.1) is 0 Å². The topological polar surface area (TPSA) is 77.0 Å². The number of nitrogens with zero attached hydrogens (tertiary/aromatic N) is 4. The first kappa shape index (κ1) is 14.1. The van der Waals surface area contributed by atoms with Gasteiger partial charge in [-0.3, -0.25) is 14.5 Å². The van der Waals surface area contributed by atoms with Gasteiger partial charge in [0.25, 0.3) is 5.91 Å². The molecule has 0 aromatic carbocycles. The summed E-state index contributed by atoms with van der Waals surface area (Å²) in [5, 5.41) is 4.25. The Morgan fingerprint density at radius 1 is 1.33 bits per heavy atom. The normalized spacial score (nSPS) is 16.1. The number of likely N-dealkylation sites (tertiary alicyclic amines) is 1. The third-order valence-corrected chi connectivity index (χ3v) is 4.14. The minimum atomic E-state index is 0.0298. The maximum Gasteiger partial charge on any atom is 0.255 e. The summed E-state index contributed by atoms with van der Waals surface area (Å²) in [7, 11) is 0. The summed E-state index contributed by atoms with van der Waals surface area (Å²) in [6.07, 6.45) is 6.94. The Bertz CT molecular complexity index is 648. The SMILES string of the molecule is Nc1ccn(C2CCN(C(=O)c3cncc(Br)c3)CC2)n1. The summed E-state index contributed by atoms with van der Waals surface area (Å²) in [5.74, 6) is 0.566. The van der Waals surface area contributed by atoms with Crippen LogP contribution in [0.15, 0.2) is 35.2 Å². The van der Waals surface area contributed by atoms with Crippen LogP contribution in [0.5, 0.6) is 0 Å². The Labute approximate surface area is 131 Å². The van der Waals surface area contributed by atoms with E-state index in [0.717, 1.165) is 30.4 Å².